The van der Waals surface area contributed by atoms with Crippen LogP contribution in [0.5, 0.6) is 5.88 Å². The number of hydrogen-bond donors (Lipinski definition) is 5. The van der Waals surface area contributed by atoms with Crippen LogP contribution >= 0.6 is 37.9 Å². The second-order valence-corrected chi connectivity index (χ2v) is 17.1. The molecule has 10 atom stereocenters. The summed E-state index contributed by atoms with van der Waals surface area (Å²) in [4.78, 5) is 27.0. The van der Waals surface area contributed by atoms with Crippen LogP contribution in [0, 0.1) is 5.92 Å². The maximum absolute atomic E-state index is 14.0. The molecule has 4 fully saturated rings. The second kappa shape index (κ2) is 9.79. The number of H-pyrrole nitrogens is 1. The summed E-state index contributed by atoms with van der Waals surface area (Å²) in [5, 5.41) is 11.7. The molecule has 19 heteroatoms. The number of aromatic nitrogens is 5. The first kappa shape index (κ1) is 27.9. The summed E-state index contributed by atoms with van der Waals surface area (Å²) in [6.45, 7) is -7.91. The fraction of sp³-hybridized carbons (Fsp3) is 0.545. The molecule has 2 saturated carbocycles. The van der Waals surface area contributed by atoms with Gasteiger partial charge in [-0.15, -0.1) is 0 Å². The third-order valence-electron chi connectivity index (χ3n) is 8.04. The van der Waals surface area contributed by atoms with Crippen LogP contribution in [0.4, 0.5) is 5.95 Å². The van der Waals surface area contributed by atoms with E-state index in [0.717, 1.165) is 0 Å². The zero-order valence-electron chi connectivity index (χ0n) is 21.1. The molecule has 2 bridgehead atoms. The number of ether oxygens (including phenoxy) is 2. The van der Waals surface area contributed by atoms with Crippen molar-refractivity contribution in [1.29, 1.82) is 0 Å². The van der Waals surface area contributed by atoms with E-state index in [9.17, 15) is 19.0 Å². The highest BCUT2D eigenvalue weighted by atomic mass is 32.7. The van der Waals surface area contributed by atoms with Crippen molar-refractivity contribution >= 4 is 54.8 Å². The summed E-state index contributed by atoms with van der Waals surface area (Å²) in [6.07, 6.45) is 0.467. The van der Waals surface area contributed by atoms with E-state index in [1.54, 1.807) is 12.3 Å². The smallest absolute Gasteiger partial charge is 0.386 e. The lowest BCUT2D eigenvalue weighted by atomic mass is 10.1. The van der Waals surface area contributed by atoms with Crippen molar-refractivity contribution in [3.05, 3.63) is 41.2 Å². The minimum absolute atomic E-state index is 0.118. The molecule has 3 aromatic heterocycles. The highest BCUT2D eigenvalue weighted by Gasteiger charge is 2.75. The largest absolute Gasteiger partial charge is 0.474 e. The molecule has 4 N–H and O–H groups in total. The van der Waals surface area contributed by atoms with Crippen molar-refractivity contribution < 1.29 is 37.3 Å². The van der Waals surface area contributed by atoms with Gasteiger partial charge in [0.15, 0.2) is 11.9 Å². The molecule has 5 heterocycles. The third-order valence-corrected chi connectivity index (χ3v) is 12.8. The molecular formula is C22H26N6O9P2S2. The van der Waals surface area contributed by atoms with Gasteiger partial charge in [-0.3, -0.25) is 18.9 Å². The maximum atomic E-state index is 14.0. The van der Waals surface area contributed by atoms with E-state index < -0.39 is 54.7 Å². The summed E-state index contributed by atoms with van der Waals surface area (Å²) < 4.78 is 58.8. The van der Waals surface area contributed by atoms with Crippen LogP contribution < -0.4 is 16.0 Å². The Balaban J connectivity index is 1.21. The maximum Gasteiger partial charge on any atom is 0.386 e. The first-order valence-electron chi connectivity index (χ1n) is 12.8. The molecule has 4 aliphatic rings. The third kappa shape index (κ3) is 4.85. The summed E-state index contributed by atoms with van der Waals surface area (Å²) in [6, 6.07) is 3.12. The molecule has 1 spiro atoms. The standard InChI is InChI=1S/C22H26N6O9P2S2/c23-21-26-18-12(19(30)27-21)2-4-28(18)20-16-17(29)22(35-20)7-14(22)38(31,40)36-13-6-11(34-15-1-3-24-9-25-15)5-10(13)8-33-39(32,41)37-16/h1-4,9-11,13-14,16-17,20,29H,5-8H2,(H,31,40)(H,32,41)(H3,23,26,27,30)/t10?,11-,13+,14+,16-,17+,20-,22+,38?,39?/m1/s1. The van der Waals surface area contributed by atoms with Crippen LogP contribution in [0.2, 0.25) is 0 Å². The Bertz CT molecular complexity index is 1660. The van der Waals surface area contributed by atoms with Gasteiger partial charge in [0.05, 0.1) is 23.8 Å². The topological polar surface area (TPSA) is 203 Å². The van der Waals surface area contributed by atoms with Crippen molar-refractivity contribution in [3.8, 4) is 5.88 Å². The van der Waals surface area contributed by atoms with Gasteiger partial charge in [0.25, 0.3) is 12.1 Å². The van der Waals surface area contributed by atoms with Crippen LogP contribution in [0.25, 0.3) is 11.0 Å². The quantitative estimate of drug-likeness (QED) is 0.206. The van der Waals surface area contributed by atoms with Crippen molar-refractivity contribution in [3.63, 3.8) is 0 Å². The summed E-state index contributed by atoms with van der Waals surface area (Å²) >= 11 is 8.66. The minimum Gasteiger partial charge on any atom is -0.474 e. The molecule has 7 rings (SSSR count). The van der Waals surface area contributed by atoms with Crippen LogP contribution in [0.3, 0.4) is 0 Å². The number of hydrogen-bond acceptors (Lipinski definition) is 13. The predicted octanol–water partition coefficient (Wildman–Crippen LogP) is 2.32. The van der Waals surface area contributed by atoms with Gasteiger partial charge < -0.3 is 33.9 Å². The Labute approximate surface area is 242 Å². The Morgan fingerprint density at radius 3 is 2.85 bits per heavy atom. The Hall–Kier alpha value is -1.94. The number of aliphatic hydroxyl groups is 1. The van der Waals surface area contributed by atoms with Gasteiger partial charge in [0.1, 0.15) is 30.2 Å². The van der Waals surface area contributed by atoms with Crippen molar-refractivity contribution in [2.45, 2.75) is 61.2 Å². The molecule has 15 nitrogen and oxygen atoms in total. The average Bonchev–Trinajstić information content (AvgIpc) is 3.18. The van der Waals surface area contributed by atoms with Gasteiger partial charge in [-0.1, -0.05) is 24.5 Å². The van der Waals surface area contributed by atoms with E-state index in [1.165, 1.54) is 23.2 Å². The van der Waals surface area contributed by atoms with Crippen molar-refractivity contribution in [1.82, 2.24) is 24.5 Å². The summed E-state index contributed by atoms with van der Waals surface area (Å²) in [5.41, 5.74) is 3.25. The number of fused-ring (bicyclic) bond motifs is 3. The zero-order valence-corrected chi connectivity index (χ0v) is 24.7. The molecule has 220 valence electrons. The number of aliphatic hydroxyl groups excluding tert-OH is 1. The Kier molecular flexibility index (Phi) is 6.66. The molecule has 2 saturated heterocycles. The molecular weight excluding hydrogens is 618 g/mol. The second-order valence-electron chi connectivity index (χ2n) is 10.6. The molecule has 2 aliphatic carbocycles. The molecule has 0 radical (unpaired) electrons. The number of nitrogens with two attached hydrogens (primary N) is 1. The predicted molar refractivity (Wildman–Crippen MR) is 150 cm³/mol. The summed E-state index contributed by atoms with van der Waals surface area (Å²) in [5.74, 6) is -0.141. The van der Waals surface area contributed by atoms with E-state index >= 15 is 0 Å². The molecule has 3 aromatic rings. The van der Waals surface area contributed by atoms with Gasteiger partial charge in [-0.2, -0.15) is 4.98 Å². The number of anilines is 1. The monoisotopic (exact) mass is 644 g/mol. The number of thiol groups is 2. The molecule has 2 aliphatic heterocycles. The number of rotatable bonds is 3. The molecule has 41 heavy (non-hydrogen) atoms. The Morgan fingerprint density at radius 2 is 2.07 bits per heavy atom. The van der Waals surface area contributed by atoms with Crippen LogP contribution in [0.15, 0.2) is 35.6 Å². The van der Waals surface area contributed by atoms with Gasteiger partial charge in [-0.05, 0) is 18.9 Å². The highest BCUT2D eigenvalue weighted by Crippen LogP contribution is 2.75. The van der Waals surface area contributed by atoms with E-state index in [0.29, 0.717) is 18.7 Å². The number of nitrogens with one attached hydrogen (secondary N) is 1. The first-order valence-corrected chi connectivity index (χ1v) is 18.3. The van der Waals surface area contributed by atoms with Gasteiger partial charge >= 0.3 is 6.80 Å². The van der Waals surface area contributed by atoms with Crippen LogP contribution in [-0.2, 0) is 27.4 Å². The lowest BCUT2D eigenvalue weighted by Crippen LogP contribution is -2.36. The zero-order chi connectivity index (χ0) is 28.7. The number of aromatic amines is 1. The van der Waals surface area contributed by atoms with E-state index in [1.807, 2.05) is 0 Å². The van der Waals surface area contributed by atoms with E-state index in [-0.39, 0.29) is 42.0 Å². The normalized spacial score (nSPS) is 42.2. The lowest BCUT2D eigenvalue weighted by molar-refractivity contribution is -0.0429. The highest BCUT2D eigenvalue weighted by molar-refractivity contribution is 8.46. The number of nitrogen functional groups attached to an aromatic ring is 1. The Morgan fingerprint density at radius 1 is 1.24 bits per heavy atom. The molecule has 3 unspecified atom stereocenters. The van der Waals surface area contributed by atoms with Gasteiger partial charge in [-0.25, -0.2) is 14.5 Å². The van der Waals surface area contributed by atoms with Crippen molar-refractivity contribution in [2.75, 3.05) is 12.3 Å². The van der Waals surface area contributed by atoms with Gasteiger partial charge in [0.2, 0.25) is 11.8 Å². The van der Waals surface area contributed by atoms with E-state index in [2.05, 4.69) is 44.4 Å². The summed E-state index contributed by atoms with van der Waals surface area (Å²) in [7, 11) is 0. The lowest BCUT2D eigenvalue weighted by Gasteiger charge is -2.28. The average molecular weight is 645 g/mol. The van der Waals surface area contributed by atoms with Crippen LogP contribution in [-0.4, -0.2) is 71.9 Å². The minimum atomic E-state index is -4.10. The fourth-order valence-electron chi connectivity index (χ4n) is 6.06. The molecule has 0 amide bonds. The van der Waals surface area contributed by atoms with Crippen LogP contribution in [0.1, 0.15) is 25.5 Å². The van der Waals surface area contributed by atoms with Crippen molar-refractivity contribution in [2.24, 2.45) is 5.92 Å². The van der Waals surface area contributed by atoms with E-state index in [4.69, 9.17) is 28.8 Å². The first-order chi connectivity index (χ1) is 19.5. The number of nitrogens with zero attached hydrogens (tertiary/aromatic N) is 4. The fourth-order valence-corrected chi connectivity index (χ4v) is 10.8. The SMILES string of the molecule is Nc1nc2c(ccn2[C@@H]2O[C@@]34C[C@@H]3P(=O)(S)O[C@H]3C[C@H](Oc5ccncn5)CC3COP(=O)(S)O[C@@H]2[C@@H]4O)c(=O)[nH]1. The molecule has 0 aromatic carbocycles. The van der Waals surface area contributed by atoms with Gasteiger partial charge in [0, 0.05) is 30.8 Å².